The lowest BCUT2D eigenvalue weighted by Gasteiger charge is -2.15. The van der Waals surface area contributed by atoms with Gasteiger partial charge in [-0.25, -0.2) is 4.98 Å². The molecule has 0 spiro atoms. The first-order chi connectivity index (χ1) is 6.27. The monoisotopic (exact) mass is 173 g/mol. The van der Waals surface area contributed by atoms with Crippen molar-refractivity contribution in [2.24, 2.45) is 0 Å². The molecule has 0 saturated carbocycles. The fourth-order valence-corrected chi connectivity index (χ4v) is 0.977. The lowest BCUT2D eigenvalue weighted by molar-refractivity contribution is 1.02. The molecule has 3 nitrogen and oxygen atoms in total. The zero-order valence-corrected chi connectivity index (χ0v) is 7.57. The average molecular weight is 173 g/mol. The Hall–Kier alpha value is -1.82. The highest BCUT2D eigenvalue weighted by atomic mass is 15.1. The number of aromatic nitrogens is 1. The van der Waals surface area contributed by atoms with Crippen LogP contribution in [0.5, 0.6) is 0 Å². The Balaban J connectivity index is 2.80. The van der Waals surface area contributed by atoms with Crippen LogP contribution >= 0.6 is 0 Å². The van der Waals surface area contributed by atoms with Gasteiger partial charge in [-0.05, 0) is 12.1 Å². The highest BCUT2D eigenvalue weighted by Crippen LogP contribution is 2.10. The Morgan fingerprint density at radius 2 is 2.46 bits per heavy atom. The van der Waals surface area contributed by atoms with Crippen molar-refractivity contribution in [2.75, 3.05) is 18.5 Å². The van der Waals surface area contributed by atoms with Crippen LogP contribution in [0, 0.1) is 11.3 Å². The Morgan fingerprint density at radius 3 is 2.92 bits per heavy atom. The van der Waals surface area contributed by atoms with E-state index in [1.165, 1.54) is 0 Å². The van der Waals surface area contributed by atoms with E-state index in [0.717, 1.165) is 12.2 Å². The minimum atomic E-state index is 0.441. The molecule has 0 amide bonds. The summed E-state index contributed by atoms with van der Waals surface area (Å²) in [5, 5.41) is 8.53. The molecule has 0 radical (unpaired) electrons. The number of rotatable bonds is 3. The summed E-state index contributed by atoms with van der Waals surface area (Å²) in [6.45, 7) is 4.42. The summed E-state index contributed by atoms with van der Waals surface area (Å²) < 4.78 is 0. The van der Waals surface area contributed by atoms with E-state index in [1.54, 1.807) is 12.3 Å². The fraction of sp³-hybridized carbons (Fsp3) is 0.200. The van der Waals surface area contributed by atoms with E-state index in [0.29, 0.717) is 5.69 Å². The molecule has 0 N–H and O–H groups in total. The zero-order valence-electron chi connectivity index (χ0n) is 7.57. The number of likely N-dealkylation sites (N-methyl/N-ethyl adjacent to an activating group) is 1. The maximum absolute atomic E-state index is 8.53. The second-order valence-electron chi connectivity index (χ2n) is 2.68. The molecule has 1 heterocycles. The third-order valence-corrected chi connectivity index (χ3v) is 1.71. The first kappa shape index (κ1) is 9.27. The lowest BCUT2D eigenvalue weighted by atomic mass is 10.3. The maximum Gasteiger partial charge on any atom is 0.140 e. The molecule has 0 aromatic carbocycles. The van der Waals surface area contributed by atoms with Gasteiger partial charge in [-0.15, -0.1) is 6.58 Å². The van der Waals surface area contributed by atoms with E-state index in [2.05, 4.69) is 11.6 Å². The first-order valence-corrected chi connectivity index (χ1v) is 3.96. The van der Waals surface area contributed by atoms with Crippen LogP contribution in [0.15, 0.2) is 31.0 Å². The smallest absolute Gasteiger partial charge is 0.140 e. The van der Waals surface area contributed by atoms with Gasteiger partial charge in [0.15, 0.2) is 0 Å². The van der Waals surface area contributed by atoms with Gasteiger partial charge in [-0.3, -0.25) is 0 Å². The van der Waals surface area contributed by atoms with Gasteiger partial charge in [0.05, 0.1) is 11.9 Å². The number of anilines is 1. The molecule has 3 heteroatoms. The van der Waals surface area contributed by atoms with Crippen LogP contribution in [0.25, 0.3) is 0 Å². The third-order valence-electron chi connectivity index (χ3n) is 1.71. The van der Waals surface area contributed by atoms with Gasteiger partial charge in [-0.2, -0.15) is 5.26 Å². The maximum atomic E-state index is 8.53. The van der Waals surface area contributed by atoms with Crippen LogP contribution < -0.4 is 4.90 Å². The van der Waals surface area contributed by atoms with E-state index < -0.39 is 0 Å². The van der Waals surface area contributed by atoms with Gasteiger partial charge in [0.1, 0.15) is 11.8 Å². The van der Waals surface area contributed by atoms with Crippen LogP contribution in [0.4, 0.5) is 5.69 Å². The van der Waals surface area contributed by atoms with Crippen LogP contribution in [0.3, 0.4) is 0 Å². The van der Waals surface area contributed by atoms with Crippen LogP contribution in [-0.4, -0.2) is 18.6 Å². The Morgan fingerprint density at radius 1 is 1.69 bits per heavy atom. The van der Waals surface area contributed by atoms with Crippen molar-refractivity contribution in [3.63, 3.8) is 0 Å². The molecule has 66 valence electrons. The SMILES string of the molecule is C=CCN(C)c1ccc(C#N)nc1. The molecule has 13 heavy (non-hydrogen) atoms. The lowest BCUT2D eigenvalue weighted by Crippen LogP contribution is -2.16. The number of hydrogen-bond donors (Lipinski definition) is 0. The topological polar surface area (TPSA) is 39.9 Å². The van der Waals surface area contributed by atoms with E-state index >= 15 is 0 Å². The molecule has 1 rings (SSSR count). The highest BCUT2D eigenvalue weighted by Gasteiger charge is 1.98. The van der Waals surface area contributed by atoms with E-state index in [4.69, 9.17) is 5.26 Å². The first-order valence-electron chi connectivity index (χ1n) is 3.96. The number of nitrogens with zero attached hydrogens (tertiary/aromatic N) is 3. The molecule has 0 atom stereocenters. The summed E-state index contributed by atoms with van der Waals surface area (Å²) in [7, 11) is 1.95. The van der Waals surface area contributed by atoms with Gasteiger partial charge in [0, 0.05) is 13.6 Å². The Bertz CT molecular complexity index is 321. The molecule has 1 aromatic heterocycles. The van der Waals surface area contributed by atoms with Gasteiger partial charge in [0.2, 0.25) is 0 Å². The molecule has 0 saturated heterocycles. The number of pyridine rings is 1. The summed E-state index contributed by atoms with van der Waals surface area (Å²) in [4.78, 5) is 5.96. The van der Waals surface area contributed by atoms with Crippen LogP contribution in [0.1, 0.15) is 5.69 Å². The summed E-state index contributed by atoms with van der Waals surface area (Å²) >= 11 is 0. The molecule has 0 aliphatic heterocycles. The molecular weight excluding hydrogens is 162 g/mol. The zero-order chi connectivity index (χ0) is 9.68. The second-order valence-corrected chi connectivity index (χ2v) is 2.68. The van der Waals surface area contributed by atoms with Crippen LogP contribution in [0.2, 0.25) is 0 Å². The summed E-state index contributed by atoms with van der Waals surface area (Å²) in [5.74, 6) is 0. The fourth-order valence-electron chi connectivity index (χ4n) is 0.977. The Kier molecular flexibility index (Phi) is 3.04. The summed E-state index contributed by atoms with van der Waals surface area (Å²) in [6.07, 6.45) is 3.50. The molecule has 0 unspecified atom stereocenters. The molecule has 0 bridgehead atoms. The van der Waals surface area contributed by atoms with E-state index in [-0.39, 0.29) is 0 Å². The van der Waals surface area contributed by atoms with Crippen molar-refractivity contribution in [1.82, 2.24) is 4.98 Å². The minimum Gasteiger partial charge on any atom is -0.370 e. The molecule has 0 aliphatic carbocycles. The predicted molar refractivity (Wildman–Crippen MR) is 52.4 cm³/mol. The van der Waals surface area contributed by atoms with Crippen molar-refractivity contribution >= 4 is 5.69 Å². The molecule has 0 aliphatic rings. The molecule has 1 aromatic rings. The Labute approximate surface area is 77.9 Å². The number of hydrogen-bond acceptors (Lipinski definition) is 3. The average Bonchev–Trinajstić information content (AvgIpc) is 2.18. The van der Waals surface area contributed by atoms with E-state index in [1.807, 2.05) is 30.2 Å². The van der Waals surface area contributed by atoms with E-state index in [9.17, 15) is 0 Å². The van der Waals surface area contributed by atoms with Crippen molar-refractivity contribution in [2.45, 2.75) is 0 Å². The predicted octanol–water partition coefficient (Wildman–Crippen LogP) is 1.58. The van der Waals surface area contributed by atoms with Gasteiger partial charge < -0.3 is 4.90 Å². The quantitative estimate of drug-likeness (QED) is 0.651. The molecular formula is C10H11N3. The summed E-state index contributed by atoms with van der Waals surface area (Å²) in [5.41, 5.74) is 1.43. The normalized spacial score (nSPS) is 8.92. The van der Waals surface area contributed by atoms with Gasteiger partial charge in [0.25, 0.3) is 0 Å². The van der Waals surface area contributed by atoms with Crippen LogP contribution in [-0.2, 0) is 0 Å². The number of nitriles is 1. The van der Waals surface area contributed by atoms with Crippen molar-refractivity contribution in [3.8, 4) is 6.07 Å². The standard InChI is InChI=1S/C10H11N3/c1-3-6-13(2)10-5-4-9(7-11)12-8-10/h3-5,8H,1,6H2,2H3. The van der Waals surface area contributed by atoms with Crippen molar-refractivity contribution < 1.29 is 0 Å². The highest BCUT2D eigenvalue weighted by molar-refractivity contribution is 5.45. The minimum absolute atomic E-state index is 0.441. The second kappa shape index (κ2) is 4.27. The molecule has 0 fully saturated rings. The van der Waals surface area contributed by atoms with Gasteiger partial charge in [-0.1, -0.05) is 6.08 Å². The third kappa shape index (κ3) is 2.31. The van der Waals surface area contributed by atoms with Gasteiger partial charge >= 0.3 is 0 Å². The van der Waals surface area contributed by atoms with Crippen molar-refractivity contribution in [3.05, 3.63) is 36.7 Å². The van der Waals surface area contributed by atoms with Crippen molar-refractivity contribution in [1.29, 1.82) is 5.26 Å². The summed E-state index contributed by atoms with van der Waals surface area (Å²) in [6, 6.07) is 5.55. The largest absolute Gasteiger partial charge is 0.370 e.